The van der Waals surface area contributed by atoms with Gasteiger partial charge in [0.05, 0.1) is 18.0 Å². The van der Waals surface area contributed by atoms with Crippen molar-refractivity contribution in [2.75, 3.05) is 17.1 Å². The van der Waals surface area contributed by atoms with Gasteiger partial charge in [-0.2, -0.15) is 0 Å². The van der Waals surface area contributed by atoms with E-state index < -0.39 is 10.0 Å². The number of rotatable bonds is 7. The van der Waals surface area contributed by atoms with Crippen LogP contribution in [0.4, 0.5) is 5.69 Å². The molecule has 0 aliphatic heterocycles. The van der Waals surface area contributed by atoms with E-state index >= 15 is 0 Å². The standard InChI is InChI=1S/C22H30N2O3S/c1-15(2)19-8-10-20(11-9-19)24(28(6,26)27)14-22(25)23-18(5)21-12-7-16(3)13-17(21)4/h7-13,15,18H,14H2,1-6H3,(H,23,25)/t18-/m0/s1. The number of nitrogens with one attached hydrogen (secondary N) is 1. The van der Waals surface area contributed by atoms with Gasteiger partial charge >= 0.3 is 0 Å². The van der Waals surface area contributed by atoms with Crippen LogP contribution in [0.5, 0.6) is 0 Å². The molecule has 0 heterocycles. The maximum Gasteiger partial charge on any atom is 0.241 e. The molecule has 0 aliphatic carbocycles. The molecule has 6 heteroatoms. The van der Waals surface area contributed by atoms with Gasteiger partial charge in [0.1, 0.15) is 6.54 Å². The molecule has 0 saturated heterocycles. The normalized spacial score (nSPS) is 12.7. The maximum atomic E-state index is 12.6. The molecule has 0 bridgehead atoms. The third-order valence-corrected chi connectivity index (χ3v) is 5.95. The Bertz CT molecular complexity index is 935. The smallest absolute Gasteiger partial charge is 0.241 e. The van der Waals surface area contributed by atoms with Crippen molar-refractivity contribution < 1.29 is 13.2 Å². The lowest BCUT2D eigenvalue weighted by molar-refractivity contribution is -0.120. The molecule has 2 aromatic rings. The van der Waals surface area contributed by atoms with Gasteiger partial charge in [-0.25, -0.2) is 8.42 Å². The lowest BCUT2D eigenvalue weighted by Crippen LogP contribution is -2.41. The second-order valence-corrected chi connectivity index (χ2v) is 9.57. The van der Waals surface area contributed by atoms with E-state index in [4.69, 9.17) is 0 Å². The summed E-state index contributed by atoms with van der Waals surface area (Å²) in [6.45, 7) is 9.82. The Balaban J connectivity index is 2.17. The summed E-state index contributed by atoms with van der Waals surface area (Å²) in [4.78, 5) is 12.6. The maximum absolute atomic E-state index is 12.6. The van der Waals surface area contributed by atoms with E-state index in [1.807, 2.05) is 45.0 Å². The number of carbonyl (C=O) groups excluding carboxylic acids is 1. The molecule has 0 aromatic heterocycles. The molecule has 0 unspecified atom stereocenters. The first-order valence-electron chi connectivity index (χ1n) is 9.43. The first-order valence-corrected chi connectivity index (χ1v) is 11.3. The number of aryl methyl sites for hydroxylation is 2. The summed E-state index contributed by atoms with van der Waals surface area (Å²) < 4.78 is 25.7. The van der Waals surface area contributed by atoms with Crippen LogP contribution in [0, 0.1) is 13.8 Å². The molecule has 28 heavy (non-hydrogen) atoms. The monoisotopic (exact) mass is 402 g/mol. The van der Waals surface area contributed by atoms with Crippen LogP contribution in [-0.2, 0) is 14.8 Å². The van der Waals surface area contributed by atoms with E-state index in [1.165, 1.54) is 0 Å². The van der Waals surface area contributed by atoms with Crippen molar-refractivity contribution in [3.8, 4) is 0 Å². The van der Waals surface area contributed by atoms with Crippen molar-refractivity contribution in [3.05, 3.63) is 64.7 Å². The predicted octanol–water partition coefficient (Wildman–Crippen LogP) is 4.07. The first-order chi connectivity index (χ1) is 13.0. The highest BCUT2D eigenvalue weighted by Crippen LogP contribution is 2.22. The zero-order valence-corrected chi connectivity index (χ0v) is 18.3. The minimum Gasteiger partial charge on any atom is -0.348 e. The van der Waals surface area contributed by atoms with E-state index in [9.17, 15) is 13.2 Å². The Kier molecular flexibility index (Phi) is 6.88. The van der Waals surface area contributed by atoms with Crippen LogP contribution in [0.1, 0.15) is 55.0 Å². The average Bonchev–Trinajstić information content (AvgIpc) is 2.58. The second-order valence-electron chi connectivity index (χ2n) is 7.67. The van der Waals surface area contributed by atoms with Gasteiger partial charge in [-0.3, -0.25) is 9.10 Å². The minimum atomic E-state index is -3.59. The summed E-state index contributed by atoms with van der Waals surface area (Å²) in [6.07, 6.45) is 1.12. The van der Waals surface area contributed by atoms with Crippen molar-refractivity contribution in [1.29, 1.82) is 0 Å². The van der Waals surface area contributed by atoms with Crippen molar-refractivity contribution in [1.82, 2.24) is 5.32 Å². The van der Waals surface area contributed by atoms with Crippen LogP contribution in [0.25, 0.3) is 0 Å². The zero-order valence-electron chi connectivity index (χ0n) is 17.5. The summed E-state index contributed by atoms with van der Waals surface area (Å²) in [5.41, 5.74) is 4.88. The molecule has 0 fully saturated rings. The summed E-state index contributed by atoms with van der Waals surface area (Å²) in [5.74, 6) is 0.00784. The third kappa shape index (κ3) is 5.58. The van der Waals surface area contributed by atoms with Crippen molar-refractivity contribution in [2.24, 2.45) is 0 Å². The van der Waals surface area contributed by atoms with E-state index in [1.54, 1.807) is 12.1 Å². The fourth-order valence-corrected chi connectivity index (χ4v) is 4.09. The van der Waals surface area contributed by atoms with Gasteiger partial charge in [-0.05, 0) is 55.5 Å². The number of amides is 1. The molecule has 5 nitrogen and oxygen atoms in total. The van der Waals surface area contributed by atoms with Crippen molar-refractivity contribution in [2.45, 2.75) is 46.6 Å². The minimum absolute atomic E-state index is 0.210. The molecule has 2 rings (SSSR count). The van der Waals surface area contributed by atoms with Gasteiger partial charge in [0, 0.05) is 0 Å². The highest BCUT2D eigenvalue weighted by Gasteiger charge is 2.22. The van der Waals surface area contributed by atoms with Gasteiger partial charge < -0.3 is 5.32 Å². The molecular weight excluding hydrogens is 372 g/mol. The summed E-state index contributed by atoms with van der Waals surface area (Å²) in [5, 5.41) is 2.91. The molecular formula is C22H30N2O3S. The van der Waals surface area contributed by atoms with Crippen LogP contribution in [0.3, 0.4) is 0 Å². The van der Waals surface area contributed by atoms with Crippen LogP contribution >= 0.6 is 0 Å². The molecule has 0 aliphatic rings. The number of hydrogen-bond acceptors (Lipinski definition) is 3. The van der Waals surface area contributed by atoms with Gasteiger partial charge in [0.15, 0.2) is 0 Å². The molecule has 1 amide bonds. The molecule has 1 N–H and O–H groups in total. The van der Waals surface area contributed by atoms with E-state index in [2.05, 4.69) is 25.2 Å². The first kappa shape index (κ1) is 22.0. The second kappa shape index (κ2) is 8.78. The lowest BCUT2D eigenvalue weighted by Gasteiger charge is -2.24. The SMILES string of the molecule is Cc1ccc([C@H](C)NC(=O)CN(c2ccc(C(C)C)cc2)S(C)(=O)=O)c(C)c1. The Morgan fingerprint density at radius 2 is 1.64 bits per heavy atom. The largest absolute Gasteiger partial charge is 0.348 e. The van der Waals surface area contributed by atoms with Crippen LogP contribution in [-0.4, -0.2) is 27.1 Å². The number of anilines is 1. The number of sulfonamides is 1. The van der Waals surface area contributed by atoms with E-state index in [-0.39, 0.29) is 18.5 Å². The zero-order chi connectivity index (χ0) is 21.1. The fourth-order valence-electron chi connectivity index (χ4n) is 3.23. The van der Waals surface area contributed by atoms with Crippen molar-refractivity contribution in [3.63, 3.8) is 0 Å². The highest BCUT2D eigenvalue weighted by molar-refractivity contribution is 7.92. The van der Waals surface area contributed by atoms with Crippen LogP contribution in [0.15, 0.2) is 42.5 Å². The number of benzene rings is 2. The fraction of sp³-hybridized carbons (Fsp3) is 0.409. The molecule has 2 aromatic carbocycles. The van der Waals surface area contributed by atoms with Crippen molar-refractivity contribution >= 4 is 21.6 Å². The highest BCUT2D eigenvalue weighted by atomic mass is 32.2. The molecule has 152 valence electrons. The molecule has 1 atom stereocenters. The Morgan fingerprint density at radius 1 is 1.04 bits per heavy atom. The van der Waals surface area contributed by atoms with Gasteiger partial charge in [0.2, 0.25) is 15.9 Å². The number of hydrogen-bond donors (Lipinski definition) is 1. The topological polar surface area (TPSA) is 66.5 Å². The predicted molar refractivity (Wildman–Crippen MR) is 115 cm³/mol. The van der Waals surface area contributed by atoms with Gasteiger partial charge in [0.25, 0.3) is 0 Å². The van der Waals surface area contributed by atoms with Gasteiger partial charge in [-0.1, -0.05) is 49.7 Å². The Hall–Kier alpha value is -2.34. The summed E-state index contributed by atoms with van der Waals surface area (Å²) in [7, 11) is -3.59. The Labute approximate surface area is 168 Å². The van der Waals surface area contributed by atoms with Gasteiger partial charge in [-0.15, -0.1) is 0 Å². The number of nitrogens with zero attached hydrogens (tertiary/aromatic N) is 1. The quantitative estimate of drug-likeness (QED) is 0.759. The van der Waals surface area contributed by atoms with Crippen LogP contribution < -0.4 is 9.62 Å². The third-order valence-electron chi connectivity index (χ3n) is 4.80. The lowest BCUT2D eigenvalue weighted by atomic mass is 10.0. The molecule has 0 spiro atoms. The Morgan fingerprint density at radius 3 is 2.14 bits per heavy atom. The van der Waals surface area contributed by atoms with E-state index in [0.29, 0.717) is 11.6 Å². The van der Waals surface area contributed by atoms with Crippen LogP contribution in [0.2, 0.25) is 0 Å². The van der Waals surface area contributed by atoms with E-state index in [0.717, 1.165) is 32.8 Å². The summed E-state index contributed by atoms with van der Waals surface area (Å²) in [6, 6.07) is 13.1. The molecule has 0 radical (unpaired) electrons. The number of carbonyl (C=O) groups is 1. The molecule has 0 saturated carbocycles. The average molecular weight is 403 g/mol. The summed E-state index contributed by atoms with van der Waals surface area (Å²) >= 11 is 0.